The van der Waals surface area contributed by atoms with Crippen molar-refractivity contribution < 1.29 is 14.6 Å². The first-order chi connectivity index (χ1) is 6.94. The zero-order chi connectivity index (χ0) is 11.5. The summed E-state index contributed by atoms with van der Waals surface area (Å²) in [6, 6.07) is 0. The fourth-order valence-corrected chi connectivity index (χ4v) is 2.26. The van der Waals surface area contributed by atoms with Crippen LogP contribution in [0, 0.1) is 5.41 Å². The SMILES string of the molecule is CCOC(=O)C(C)(C)C1(O)CCCCC1. The maximum absolute atomic E-state index is 11.8. The molecule has 0 atom stereocenters. The Hall–Kier alpha value is -0.570. The quantitative estimate of drug-likeness (QED) is 0.733. The van der Waals surface area contributed by atoms with Gasteiger partial charge < -0.3 is 9.84 Å². The highest BCUT2D eigenvalue weighted by molar-refractivity contribution is 5.77. The molecule has 3 nitrogen and oxygen atoms in total. The molecule has 88 valence electrons. The highest BCUT2D eigenvalue weighted by Gasteiger charge is 2.49. The van der Waals surface area contributed by atoms with Crippen LogP contribution in [0.2, 0.25) is 0 Å². The highest BCUT2D eigenvalue weighted by atomic mass is 16.5. The Bertz CT molecular complexity index is 227. The van der Waals surface area contributed by atoms with E-state index in [-0.39, 0.29) is 5.97 Å². The van der Waals surface area contributed by atoms with Crippen molar-refractivity contribution >= 4 is 5.97 Å². The van der Waals surface area contributed by atoms with Gasteiger partial charge >= 0.3 is 5.97 Å². The number of hydrogen-bond donors (Lipinski definition) is 1. The lowest BCUT2D eigenvalue weighted by atomic mass is 9.67. The van der Waals surface area contributed by atoms with Crippen molar-refractivity contribution in [3.8, 4) is 0 Å². The van der Waals surface area contributed by atoms with E-state index in [1.807, 2.05) is 0 Å². The fraction of sp³-hybridized carbons (Fsp3) is 0.917. The molecule has 1 aliphatic carbocycles. The molecule has 0 spiro atoms. The molecule has 1 fully saturated rings. The molecule has 0 aromatic carbocycles. The minimum Gasteiger partial charge on any atom is -0.465 e. The Labute approximate surface area is 91.8 Å². The van der Waals surface area contributed by atoms with Crippen LogP contribution in [0.15, 0.2) is 0 Å². The van der Waals surface area contributed by atoms with Gasteiger partial charge in [0.05, 0.1) is 17.6 Å². The summed E-state index contributed by atoms with van der Waals surface area (Å²) >= 11 is 0. The van der Waals surface area contributed by atoms with Crippen molar-refractivity contribution in [3.63, 3.8) is 0 Å². The van der Waals surface area contributed by atoms with E-state index < -0.39 is 11.0 Å². The van der Waals surface area contributed by atoms with Crippen LogP contribution in [0.4, 0.5) is 0 Å². The van der Waals surface area contributed by atoms with Crippen LogP contribution in [0.5, 0.6) is 0 Å². The third-order valence-corrected chi connectivity index (χ3v) is 3.63. The predicted molar refractivity (Wildman–Crippen MR) is 58.4 cm³/mol. The lowest BCUT2D eigenvalue weighted by molar-refractivity contribution is -0.175. The molecule has 0 radical (unpaired) electrons. The fourth-order valence-electron chi connectivity index (χ4n) is 2.26. The second-order valence-electron chi connectivity index (χ2n) is 4.94. The van der Waals surface area contributed by atoms with Crippen LogP contribution in [0.25, 0.3) is 0 Å². The van der Waals surface area contributed by atoms with Crippen LogP contribution >= 0.6 is 0 Å². The first kappa shape index (κ1) is 12.5. The summed E-state index contributed by atoms with van der Waals surface area (Å²) in [5.41, 5.74) is -1.67. The lowest BCUT2D eigenvalue weighted by Gasteiger charge is -2.43. The molecule has 1 aliphatic rings. The van der Waals surface area contributed by atoms with Gasteiger partial charge in [-0.15, -0.1) is 0 Å². The molecule has 0 aliphatic heterocycles. The molecule has 0 heterocycles. The summed E-state index contributed by atoms with van der Waals surface area (Å²) in [5.74, 6) is -0.283. The van der Waals surface area contributed by atoms with Crippen molar-refractivity contribution in [1.82, 2.24) is 0 Å². The number of ether oxygens (including phenoxy) is 1. The van der Waals surface area contributed by atoms with E-state index in [9.17, 15) is 9.90 Å². The topological polar surface area (TPSA) is 46.5 Å². The normalized spacial score (nSPS) is 21.1. The van der Waals surface area contributed by atoms with Gasteiger partial charge in [-0.3, -0.25) is 4.79 Å². The van der Waals surface area contributed by atoms with Crippen molar-refractivity contribution in [2.75, 3.05) is 6.61 Å². The van der Waals surface area contributed by atoms with E-state index in [2.05, 4.69) is 0 Å². The summed E-state index contributed by atoms with van der Waals surface area (Å²) in [5, 5.41) is 10.5. The monoisotopic (exact) mass is 214 g/mol. The second-order valence-corrected chi connectivity index (χ2v) is 4.94. The van der Waals surface area contributed by atoms with Crippen LogP contribution in [0.1, 0.15) is 52.9 Å². The molecule has 0 aromatic heterocycles. The van der Waals surface area contributed by atoms with Crippen LogP contribution in [-0.4, -0.2) is 23.3 Å². The van der Waals surface area contributed by atoms with Crippen LogP contribution < -0.4 is 0 Å². The van der Waals surface area contributed by atoms with Crippen LogP contribution in [0.3, 0.4) is 0 Å². The number of carbonyl (C=O) groups excluding carboxylic acids is 1. The Morgan fingerprint density at radius 2 is 1.87 bits per heavy atom. The largest absolute Gasteiger partial charge is 0.465 e. The van der Waals surface area contributed by atoms with Gasteiger partial charge in [0.15, 0.2) is 0 Å². The van der Waals surface area contributed by atoms with E-state index in [0.29, 0.717) is 19.4 Å². The van der Waals surface area contributed by atoms with Crippen molar-refractivity contribution in [1.29, 1.82) is 0 Å². The minimum absolute atomic E-state index is 0.283. The third kappa shape index (κ3) is 2.33. The molecular weight excluding hydrogens is 192 g/mol. The summed E-state index contributed by atoms with van der Waals surface area (Å²) in [6.45, 7) is 5.74. The molecular formula is C12H22O3. The molecule has 0 amide bonds. The first-order valence-corrected chi connectivity index (χ1v) is 5.83. The third-order valence-electron chi connectivity index (χ3n) is 3.63. The van der Waals surface area contributed by atoms with Gasteiger partial charge in [0.2, 0.25) is 0 Å². The van der Waals surface area contributed by atoms with Gasteiger partial charge in [0.1, 0.15) is 0 Å². The van der Waals surface area contributed by atoms with E-state index >= 15 is 0 Å². The molecule has 0 aromatic rings. The van der Waals surface area contributed by atoms with Gasteiger partial charge in [-0.25, -0.2) is 0 Å². The smallest absolute Gasteiger partial charge is 0.314 e. The zero-order valence-corrected chi connectivity index (χ0v) is 10.0. The number of hydrogen-bond acceptors (Lipinski definition) is 3. The number of esters is 1. The van der Waals surface area contributed by atoms with Gasteiger partial charge in [-0.1, -0.05) is 19.3 Å². The number of aliphatic hydroxyl groups is 1. The maximum Gasteiger partial charge on any atom is 0.314 e. The first-order valence-electron chi connectivity index (χ1n) is 5.83. The highest BCUT2D eigenvalue weighted by Crippen LogP contribution is 2.42. The van der Waals surface area contributed by atoms with Gasteiger partial charge in [0, 0.05) is 0 Å². The molecule has 1 rings (SSSR count). The van der Waals surface area contributed by atoms with E-state index in [1.165, 1.54) is 0 Å². The Balaban J connectivity index is 2.77. The number of rotatable bonds is 3. The Kier molecular flexibility index (Phi) is 3.77. The zero-order valence-electron chi connectivity index (χ0n) is 10.0. The molecule has 1 saturated carbocycles. The Morgan fingerprint density at radius 1 is 1.33 bits per heavy atom. The average molecular weight is 214 g/mol. The molecule has 1 N–H and O–H groups in total. The second kappa shape index (κ2) is 4.52. The van der Waals surface area contributed by atoms with E-state index in [0.717, 1.165) is 19.3 Å². The summed E-state index contributed by atoms with van der Waals surface area (Å²) in [6.07, 6.45) is 4.57. The van der Waals surface area contributed by atoms with Crippen molar-refractivity contribution in [3.05, 3.63) is 0 Å². The van der Waals surface area contributed by atoms with Gasteiger partial charge in [-0.2, -0.15) is 0 Å². The average Bonchev–Trinajstić information content (AvgIpc) is 2.19. The summed E-state index contributed by atoms with van der Waals surface area (Å²) in [4.78, 5) is 11.8. The predicted octanol–water partition coefficient (Wildman–Crippen LogP) is 2.27. The van der Waals surface area contributed by atoms with E-state index in [1.54, 1.807) is 20.8 Å². The van der Waals surface area contributed by atoms with Crippen molar-refractivity contribution in [2.24, 2.45) is 5.41 Å². The number of carbonyl (C=O) groups is 1. The lowest BCUT2D eigenvalue weighted by Crippen LogP contribution is -2.51. The maximum atomic E-state index is 11.8. The molecule has 3 heteroatoms. The van der Waals surface area contributed by atoms with Gasteiger partial charge in [0.25, 0.3) is 0 Å². The van der Waals surface area contributed by atoms with E-state index in [4.69, 9.17) is 4.74 Å². The summed E-state index contributed by atoms with van der Waals surface area (Å²) < 4.78 is 5.03. The molecule has 0 unspecified atom stereocenters. The molecule has 15 heavy (non-hydrogen) atoms. The standard InChI is InChI=1S/C12H22O3/c1-4-15-10(13)11(2,3)12(14)8-6-5-7-9-12/h14H,4-9H2,1-3H3. The summed E-state index contributed by atoms with van der Waals surface area (Å²) in [7, 11) is 0. The Morgan fingerprint density at radius 3 is 2.33 bits per heavy atom. The van der Waals surface area contributed by atoms with Crippen molar-refractivity contribution in [2.45, 2.75) is 58.5 Å². The van der Waals surface area contributed by atoms with Gasteiger partial charge in [-0.05, 0) is 33.6 Å². The molecule has 0 saturated heterocycles. The minimum atomic E-state index is -0.877. The van der Waals surface area contributed by atoms with Crippen LogP contribution in [-0.2, 0) is 9.53 Å². The molecule has 0 bridgehead atoms.